The van der Waals surface area contributed by atoms with Gasteiger partial charge in [-0.3, -0.25) is 0 Å². The van der Waals surface area contributed by atoms with E-state index >= 15 is 0 Å². The molecule has 0 spiro atoms. The van der Waals surface area contributed by atoms with Crippen LogP contribution in [0, 0.1) is 0 Å². The first-order valence-electron chi connectivity index (χ1n) is 50.5. The van der Waals surface area contributed by atoms with Crippen LogP contribution in [0.15, 0.2) is 377 Å². The van der Waals surface area contributed by atoms with Crippen LogP contribution in [0.1, 0.15) is 249 Å². The van der Waals surface area contributed by atoms with Gasteiger partial charge in [0.2, 0.25) is 8.32 Å². The van der Waals surface area contributed by atoms with Gasteiger partial charge in [-0.1, -0.05) is 436 Å². The van der Waals surface area contributed by atoms with Crippen LogP contribution < -0.4 is 0 Å². The van der Waals surface area contributed by atoms with Crippen molar-refractivity contribution < 1.29 is 9.16 Å². The third kappa shape index (κ3) is 29.4. The van der Waals surface area contributed by atoms with Crippen molar-refractivity contribution in [2.75, 3.05) is 6.61 Å². The predicted molar refractivity (Wildman–Crippen MR) is 593 cm³/mol. The van der Waals surface area contributed by atoms with E-state index in [1.54, 1.807) is 21.9 Å². The van der Waals surface area contributed by atoms with Crippen LogP contribution in [-0.2, 0) is 79.8 Å². The molecule has 0 amide bonds. The van der Waals surface area contributed by atoms with Crippen molar-refractivity contribution in [1.29, 1.82) is 0 Å². The molecule has 0 heterocycles. The molecule has 0 bridgehead atoms. The van der Waals surface area contributed by atoms with Crippen LogP contribution in [-0.4, -0.2) is 28.6 Å². The Labute approximate surface area is 816 Å². The molecule has 9 aliphatic carbocycles. The number of ether oxygens (including phenoxy) is 1. The molecule has 2 nitrogen and oxygen atoms in total. The Hall–Kier alpha value is -11.8. The molecule has 135 heavy (non-hydrogen) atoms. The minimum Gasteiger partial charge on any atom is -0.543 e. The molecule has 0 saturated heterocycles. The molecule has 0 radical (unpaired) electrons. The van der Waals surface area contributed by atoms with Crippen molar-refractivity contribution in [3.8, 4) is 0 Å². The van der Waals surface area contributed by atoms with Crippen molar-refractivity contribution >= 4 is 66.4 Å². The number of fused-ring (bicyclic) bond motifs is 9. The number of hydrogen-bond donors (Lipinski definition) is 0. The van der Waals surface area contributed by atoms with Crippen LogP contribution in [0.4, 0.5) is 0 Å². The van der Waals surface area contributed by atoms with E-state index in [0.29, 0.717) is 0 Å². The van der Waals surface area contributed by atoms with Gasteiger partial charge in [0, 0.05) is 12.2 Å². The van der Waals surface area contributed by atoms with E-state index < -0.39 is 16.4 Å². The third-order valence-electron chi connectivity index (χ3n) is 27.5. The van der Waals surface area contributed by atoms with E-state index in [0.717, 1.165) is 89.4 Å². The SMILES string of the molecule is C1=C(CCCc2ccccc2)c2ccccc2C1.C1=C(Cc2ccccc2)c2ccccc2C1.C1=C(c2ccccc2)c2ccccc2C1.C=CCCC1=CCc2ccccc21.CC(C)(C)OCCCCCCC1=CCc2ccccc21.CC(C)(C)[Si](C)(C)OC1=CCc2ccccc21.CC1=CCc2ccccc21.CCCCC1=CCc2ccccc21.C[Si](C)(C)C1=CCc2ccccc21. The number of benzene rings is 12. The summed E-state index contributed by atoms with van der Waals surface area (Å²) in [5, 5.41) is 1.90. The summed E-state index contributed by atoms with van der Waals surface area (Å²) < 4.78 is 12.1. The first-order chi connectivity index (χ1) is 65.5. The molecule has 0 N–H and O–H groups in total. The predicted octanol–water partition coefficient (Wildman–Crippen LogP) is 35.7. The van der Waals surface area contributed by atoms with E-state index in [9.17, 15) is 0 Å². The highest BCUT2D eigenvalue weighted by Crippen LogP contribution is 2.43. The normalized spacial score (nSPS) is 14.2. The summed E-state index contributed by atoms with van der Waals surface area (Å²) in [7, 11) is -2.82. The average molecular weight is 1810 g/mol. The standard InChI is InChI=1S/C19H28O.C18H18.C16H14.C15H22OSi.C15H12.C13H16.C13H14.C12H16Si.C10H10/c1-19(2,3)20-15-9-5-4-6-10-16-13-14-17-11-7-8-12-18(16)17;1-2-7-15(8-3-1)9-6-11-17-14-13-16-10-4-5-12-18(16)17;1-2-6-13(7-3-1)12-15-11-10-14-8-4-5-9-16(14)15;1-15(2,3)17(4,5)16-14-11-10-12-8-6-7-9-13(12)14;1-2-6-12(7-3-1)15-11-10-13-8-4-5-9-14(13)15;2*1-2-3-6-11-9-10-12-7-4-5-8-13(11)12;1-13(2,3)12-9-8-10-6-4-5-7-11(10)12;1-8-6-7-9-4-2-3-5-10(8)9/h7-8,11-13H,4-6,9-10,14-15H2,1-3H3;1-5,7-8,10,12,14H,6,9,11,13H2;1-9,11H,10,12H2;6-9,11H,10H2,1-5H3;1-9,11H,10H2;4-5,7-9H,2-3,6,10H2,1H3;2,4-5,7-9H,1,3,6,10H2;4-7,9H,8H2,1-3H3;2-6H,7H2,1H3. The maximum atomic E-state index is 6.39. The quantitative estimate of drug-likeness (QED) is 0.0361. The maximum absolute atomic E-state index is 6.39. The average Bonchev–Trinajstić information content (AvgIpc) is 1.28. The van der Waals surface area contributed by atoms with Gasteiger partial charge in [-0.2, -0.15) is 0 Å². The molecule has 0 fully saturated rings. The topological polar surface area (TPSA) is 18.5 Å². The molecule has 21 rings (SSSR count). The van der Waals surface area contributed by atoms with Gasteiger partial charge in [0.25, 0.3) is 0 Å². The number of hydrogen-bond acceptors (Lipinski definition) is 2. The number of allylic oxidation sites excluding steroid dienone is 16. The van der Waals surface area contributed by atoms with Crippen molar-refractivity contribution in [3.63, 3.8) is 0 Å². The van der Waals surface area contributed by atoms with E-state index in [-0.39, 0.29) is 10.6 Å². The van der Waals surface area contributed by atoms with Crippen LogP contribution in [0.3, 0.4) is 0 Å². The lowest BCUT2D eigenvalue weighted by Crippen LogP contribution is -2.40. The second kappa shape index (κ2) is 50.2. The Kier molecular flexibility index (Phi) is 37.4. The third-order valence-corrected chi connectivity index (χ3v) is 34.0. The molecule has 0 aromatic heterocycles. The van der Waals surface area contributed by atoms with Crippen molar-refractivity contribution in [2.24, 2.45) is 0 Å². The zero-order valence-electron chi connectivity index (χ0n) is 83.7. The van der Waals surface area contributed by atoms with Gasteiger partial charge in [0.1, 0.15) is 5.76 Å². The molecule has 0 atom stereocenters. The zero-order valence-corrected chi connectivity index (χ0v) is 85.7. The van der Waals surface area contributed by atoms with Gasteiger partial charge in [0.15, 0.2) is 0 Å². The Morgan fingerprint density at radius 2 is 0.644 bits per heavy atom. The van der Waals surface area contributed by atoms with Gasteiger partial charge in [0.05, 0.1) is 13.7 Å². The van der Waals surface area contributed by atoms with E-state index in [1.807, 2.05) is 6.08 Å². The summed E-state index contributed by atoms with van der Waals surface area (Å²) in [5.74, 6) is 1.10. The molecule has 0 saturated carbocycles. The summed E-state index contributed by atoms with van der Waals surface area (Å²) in [6, 6.07) is 110. The molecule has 12 aromatic carbocycles. The zero-order chi connectivity index (χ0) is 94.8. The van der Waals surface area contributed by atoms with Crippen LogP contribution >= 0.6 is 0 Å². The first kappa shape index (κ1) is 101. The lowest BCUT2D eigenvalue weighted by molar-refractivity contribution is -0.00473. The van der Waals surface area contributed by atoms with Gasteiger partial charge in [-0.05, 0) is 331 Å². The van der Waals surface area contributed by atoms with Crippen molar-refractivity contribution in [1.82, 2.24) is 0 Å². The van der Waals surface area contributed by atoms with Crippen molar-refractivity contribution in [3.05, 3.63) is 494 Å². The number of aryl methyl sites for hydroxylation is 1. The lowest BCUT2D eigenvalue weighted by Gasteiger charge is -2.37. The Morgan fingerprint density at radius 3 is 1.10 bits per heavy atom. The van der Waals surface area contributed by atoms with Crippen LogP contribution in [0.25, 0.3) is 50.0 Å². The summed E-state index contributed by atoms with van der Waals surface area (Å²) in [4.78, 5) is 0. The summed E-state index contributed by atoms with van der Waals surface area (Å²) in [5.41, 5.74) is 40.9. The highest BCUT2D eigenvalue weighted by molar-refractivity contribution is 6.93. The number of rotatable bonds is 23. The summed E-state index contributed by atoms with van der Waals surface area (Å²) in [6.07, 6.45) is 50.2. The monoisotopic (exact) mass is 1810 g/mol. The van der Waals surface area contributed by atoms with E-state index in [2.05, 4.69) is 459 Å². The molecule has 0 unspecified atom stereocenters. The molecule has 694 valence electrons. The Morgan fingerprint density at radius 1 is 0.304 bits per heavy atom. The fraction of sp³-hybridized carbons (Fsp3) is 0.298. The Balaban J connectivity index is 0.000000129. The van der Waals surface area contributed by atoms with Gasteiger partial charge in [-0.15, -0.1) is 6.58 Å². The molecule has 12 aromatic rings. The second-order valence-electron chi connectivity index (χ2n) is 40.6. The molecule has 9 aliphatic rings. The molecular weight excluding hydrogens is 1660 g/mol. The lowest BCUT2D eigenvalue weighted by atomic mass is 9.99. The molecule has 0 aliphatic heterocycles. The van der Waals surface area contributed by atoms with Crippen molar-refractivity contribution in [2.45, 2.75) is 246 Å². The van der Waals surface area contributed by atoms with Crippen LogP contribution in [0.2, 0.25) is 37.8 Å². The van der Waals surface area contributed by atoms with E-state index in [1.165, 1.54) is 210 Å². The highest BCUT2D eigenvalue weighted by Gasteiger charge is 2.40. The first-order valence-corrected chi connectivity index (χ1v) is 56.9. The fourth-order valence-electron chi connectivity index (χ4n) is 19.0. The largest absolute Gasteiger partial charge is 0.543 e. The van der Waals surface area contributed by atoms with Gasteiger partial charge >= 0.3 is 0 Å². The smallest absolute Gasteiger partial charge is 0.250 e. The fourth-order valence-corrected chi connectivity index (χ4v) is 21.8. The van der Waals surface area contributed by atoms with Crippen LogP contribution in [0.5, 0.6) is 0 Å². The van der Waals surface area contributed by atoms with E-state index in [4.69, 9.17) is 9.16 Å². The molecule has 4 heteroatoms. The maximum Gasteiger partial charge on any atom is 0.250 e. The van der Waals surface area contributed by atoms with Gasteiger partial charge in [-0.25, -0.2) is 0 Å². The Bertz CT molecular complexity index is 6160. The minimum atomic E-state index is -1.71. The van der Waals surface area contributed by atoms with Gasteiger partial charge < -0.3 is 9.16 Å². The highest BCUT2D eigenvalue weighted by atomic mass is 28.4. The number of unbranched alkanes of at least 4 members (excludes halogenated alkanes) is 4. The summed E-state index contributed by atoms with van der Waals surface area (Å²) >= 11 is 0. The minimum absolute atomic E-state index is 0.0123. The summed E-state index contributed by atoms with van der Waals surface area (Å²) in [6.45, 7) is 34.1. The molecular formula is C131H150O2Si2. The second-order valence-corrected chi connectivity index (χ2v) is 50.4.